The van der Waals surface area contributed by atoms with Crippen LogP contribution in [0.4, 0.5) is 0 Å². The van der Waals surface area contributed by atoms with Crippen molar-refractivity contribution in [2.24, 2.45) is 5.92 Å². The third-order valence-corrected chi connectivity index (χ3v) is 4.83. The highest BCUT2D eigenvalue weighted by atomic mass is 35.5. The van der Waals surface area contributed by atoms with Crippen molar-refractivity contribution in [1.82, 2.24) is 5.32 Å². The molecule has 2 aromatic rings. The van der Waals surface area contributed by atoms with Gasteiger partial charge in [0.1, 0.15) is 0 Å². The Bertz CT molecular complexity index is 502. The zero-order valence-corrected chi connectivity index (χ0v) is 12.4. The van der Waals surface area contributed by atoms with Crippen molar-refractivity contribution < 1.29 is 0 Å². The number of nitrogens with one attached hydrogen (secondary N) is 1. The highest BCUT2D eigenvalue weighted by Gasteiger charge is 2.31. The van der Waals surface area contributed by atoms with E-state index in [9.17, 15) is 0 Å². The molecule has 0 spiro atoms. The summed E-state index contributed by atoms with van der Waals surface area (Å²) in [5.74, 6) is 0.810. The molecule has 0 radical (unpaired) electrons. The van der Waals surface area contributed by atoms with Crippen LogP contribution in [-0.2, 0) is 6.42 Å². The second-order valence-electron chi connectivity index (χ2n) is 5.15. The summed E-state index contributed by atoms with van der Waals surface area (Å²) in [6, 6.07) is 13.1. The van der Waals surface area contributed by atoms with Crippen molar-refractivity contribution in [2.45, 2.75) is 25.3 Å². The van der Waals surface area contributed by atoms with Crippen LogP contribution < -0.4 is 5.32 Å². The summed E-state index contributed by atoms with van der Waals surface area (Å²) in [6.07, 6.45) is 3.81. The van der Waals surface area contributed by atoms with Gasteiger partial charge in [-0.15, -0.1) is 11.3 Å². The van der Waals surface area contributed by atoms with Crippen molar-refractivity contribution in [3.63, 3.8) is 0 Å². The number of benzene rings is 1. The van der Waals surface area contributed by atoms with Crippen LogP contribution in [-0.4, -0.2) is 6.54 Å². The largest absolute Gasteiger partial charge is 0.309 e. The van der Waals surface area contributed by atoms with Crippen LogP contribution in [0.1, 0.15) is 29.3 Å². The van der Waals surface area contributed by atoms with Crippen LogP contribution in [0.3, 0.4) is 0 Å². The summed E-state index contributed by atoms with van der Waals surface area (Å²) >= 11 is 7.80. The number of rotatable bonds is 6. The molecule has 3 rings (SSSR count). The van der Waals surface area contributed by atoms with E-state index in [1.165, 1.54) is 23.3 Å². The Kier molecular flexibility index (Phi) is 4.21. The van der Waals surface area contributed by atoms with Crippen molar-refractivity contribution in [3.05, 3.63) is 57.2 Å². The van der Waals surface area contributed by atoms with Gasteiger partial charge < -0.3 is 5.32 Å². The minimum absolute atomic E-state index is 0.497. The molecule has 1 aromatic carbocycles. The molecule has 1 aliphatic rings. The van der Waals surface area contributed by atoms with E-state index in [0.29, 0.717) is 6.04 Å². The molecule has 0 saturated heterocycles. The van der Waals surface area contributed by atoms with Gasteiger partial charge in [-0.2, -0.15) is 0 Å². The van der Waals surface area contributed by atoms with E-state index < -0.39 is 0 Å². The summed E-state index contributed by atoms with van der Waals surface area (Å²) in [7, 11) is 0. The third-order valence-electron chi connectivity index (χ3n) is 3.64. The minimum Gasteiger partial charge on any atom is -0.309 e. The molecule has 0 bridgehead atoms. The summed E-state index contributed by atoms with van der Waals surface area (Å²) in [4.78, 5) is 1.46. The quantitative estimate of drug-likeness (QED) is 0.814. The molecule has 0 aliphatic heterocycles. The standard InChI is InChI=1S/C16H18ClNS/c17-14-7-5-13(6-8-14)16(12-3-4-12)18-10-9-15-2-1-11-19-15/h1-2,5-8,11-12,16,18H,3-4,9-10H2. The van der Waals surface area contributed by atoms with E-state index in [0.717, 1.165) is 23.9 Å². The van der Waals surface area contributed by atoms with E-state index in [2.05, 4.69) is 35.0 Å². The average molecular weight is 292 g/mol. The Labute approximate surface area is 123 Å². The maximum atomic E-state index is 5.96. The fourth-order valence-corrected chi connectivity index (χ4v) is 3.30. The van der Waals surface area contributed by atoms with Crippen LogP contribution in [0.2, 0.25) is 5.02 Å². The van der Waals surface area contributed by atoms with Gasteiger partial charge in [-0.05, 0) is 54.3 Å². The van der Waals surface area contributed by atoms with E-state index in [4.69, 9.17) is 11.6 Å². The highest BCUT2D eigenvalue weighted by Crippen LogP contribution is 2.41. The second kappa shape index (κ2) is 6.08. The fraction of sp³-hybridized carbons (Fsp3) is 0.375. The monoisotopic (exact) mass is 291 g/mol. The van der Waals surface area contributed by atoms with E-state index in [-0.39, 0.29) is 0 Å². The number of thiophene rings is 1. The molecule has 1 aromatic heterocycles. The van der Waals surface area contributed by atoms with Crippen LogP contribution in [0, 0.1) is 5.92 Å². The lowest BCUT2D eigenvalue weighted by atomic mass is 10.0. The molecule has 19 heavy (non-hydrogen) atoms. The highest BCUT2D eigenvalue weighted by molar-refractivity contribution is 7.09. The van der Waals surface area contributed by atoms with Crippen LogP contribution >= 0.6 is 22.9 Å². The van der Waals surface area contributed by atoms with E-state index >= 15 is 0 Å². The number of halogens is 1. The van der Waals surface area contributed by atoms with Gasteiger partial charge >= 0.3 is 0 Å². The van der Waals surface area contributed by atoms with Crippen LogP contribution in [0.5, 0.6) is 0 Å². The molecule has 1 nitrogen and oxygen atoms in total. The fourth-order valence-electron chi connectivity index (χ4n) is 2.46. The Morgan fingerprint density at radius 2 is 2.00 bits per heavy atom. The Morgan fingerprint density at radius 1 is 1.21 bits per heavy atom. The smallest absolute Gasteiger partial charge is 0.0406 e. The second-order valence-corrected chi connectivity index (χ2v) is 6.62. The lowest BCUT2D eigenvalue weighted by Gasteiger charge is -2.18. The van der Waals surface area contributed by atoms with Gasteiger partial charge in [0.2, 0.25) is 0 Å². The first kappa shape index (κ1) is 13.2. The Balaban J connectivity index is 1.60. The molecule has 1 unspecified atom stereocenters. The van der Waals surface area contributed by atoms with Crippen molar-refractivity contribution in [2.75, 3.05) is 6.54 Å². The van der Waals surface area contributed by atoms with E-state index in [1.54, 1.807) is 0 Å². The minimum atomic E-state index is 0.497. The maximum Gasteiger partial charge on any atom is 0.0406 e. The predicted molar refractivity (Wildman–Crippen MR) is 82.9 cm³/mol. The van der Waals surface area contributed by atoms with Gasteiger partial charge in [-0.1, -0.05) is 29.8 Å². The van der Waals surface area contributed by atoms with Gasteiger partial charge in [0.25, 0.3) is 0 Å². The van der Waals surface area contributed by atoms with Gasteiger partial charge in [0.05, 0.1) is 0 Å². The van der Waals surface area contributed by atoms with Gasteiger partial charge in [0.15, 0.2) is 0 Å². The molecule has 1 saturated carbocycles. The molecule has 1 heterocycles. The molecule has 0 amide bonds. The third kappa shape index (κ3) is 3.59. The van der Waals surface area contributed by atoms with Gasteiger partial charge in [0, 0.05) is 22.5 Å². The molecule has 1 aliphatic carbocycles. The van der Waals surface area contributed by atoms with Gasteiger partial charge in [-0.25, -0.2) is 0 Å². The molecular weight excluding hydrogens is 274 g/mol. The molecule has 1 N–H and O–H groups in total. The Hall–Kier alpha value is -0.830. The SMILES string of the molecule is Clc1ccc(C(NCCc2cccs2)C2CC2)cc1. The molecular formula is C16H18ClNS. The predicted octanol–water partition coefficient (Wildman–Crippen LogP) is 4.68. The average Bonchev–Trinajstić information content (AvgIpc) is 3.13. The first-order chi connectivity index (χ1) is 9.33. The molecule has 100 valence electrons. The van der Waals surface area contributed by atoms with Crippen LogP contribution in [0.25, 0.3) is 0 Å². The van der Waals surface area contributed by atoms with Crippen LogP contribution in [0.15, 0.2) is 41.8 Å². The lowest BCUT2D eigenvalue weighted by Crippen LogP contribution is -2.25. The molecule has 1 fully saturated rings. The number of hydrogen-bond acceptors (Lipinski definition) is 2. The van der Waals surface area contributed by atoms with Crippen molar-refractivity contribution >= 4 is 22.9 Å². The summed E-state index contributed by atoms with van der Waals surface area (Å²) in [5.41, 5.74) is 1.37. The van der Waals surface area contributed by atoms with Crippen molar-refractivity contribution in [3.8, 4) is 0 Å². The maximum absolute atomic E-state index is 5.96. The zero-order valence-electron chi connectivity index (χ0n) is 10.8. The first-order valence-corrected chi connectivity index (χ1v) is 8.10. The van der Waals surface area contributed by atoms with Crippen molar-refractivity contribution in [1.29, 1.82) is 0 Å². The number of hydrogen-bond donors (Lipinski definition) is 1. The normalized spacial score (nSPS) is 16.5. The topological polar surface area (TPSA) is 12.0 Å². The van der Waals surface area contributed by atoms with Gasteiger partial charge in [-0.3, -0.25) is 0 Å². The first-order valence-electron chi connectivity index (χ1n) is 6.84. The van der Waals surface area contributed by atoms with E-state index in [1.807, 2.05) is 23.5 Å². The lowest BCUT2D eigenvalue weighted by molar-refractivity contribution is 0.485. The summed E-state index contributed by atoms with van der Waals surface area (Å²) < 4.78 is 0. The Morgan fingerprint density at radius 3 is 2.63 bits per heavy atom. The summed E-state index contributed by atoms with van der Waals surface area (Å²) in [5, 5.41) is 6.68. The molecule has 3 heteroatoms. The zero-order chi connectivity index (χ0) is 13.1. The molecule has 1 atom stereocenters. The summed E-state index contributed by atoms with van der Waals surface area (Å²) in [6.45, 7) is 1.05.